The van der Waals surface area contributed by atoms with Crippen molar-refractivity contribution >= 4 is 5.91 Å². The van der Waals surface area contributed by atoms with Crippen LogP contribution in [-0.2, 0) is 0 Å². The quantitative estimate of drug-likeness (QED) is 0.473. The summed E-state index contributed by atoms with van der Waals surface area (Å²) in [5, 5.41) is 7.54. The molecule has 5 nitrogen and oxygen atoms in total. The standard InChI is InChI=1S/C25H29N3O2/c1-3-5-16-28-24(19-12-14-20(15-13-19)30-17-6-4-2)21-22(18-10-8-7-9-11-18)26-27-23(21)25(28)29/h7-15,24H,3-6,16-17H2,1-2H3,(H,26,27). The molecule has 156 valence electrons. The maximum atomic E-state index is 13.2. The first-order valence-corrected chi connectivity index (χ1v) is 10.9. The molecule has 2 heterocycles. The van der Waals surface area contributed by atoms with Crippen molar-refractivity contribution in [2.75, 3.05) is 13.2 Å². The molecule has 3 aromatic rings. The van der Waals surface area contributed by atoms with Crippen molar-refractivity contribution in [1.29, 1.82) is 0 Å². The van der Waals surface area contributed by atoms with Crippen molar-refractivity contribution < 1.29 is 9.53 Å². The van der Waals surface area contributed by atoms with Gasteiger partial charge in [0, 0.05) is 17.7 Å². The summed E-state index contributed by atoms with van der Waals surface area (Å²) < 4.78 is 5.83. The molecular formula is C25H29N3O2. The number of aromatic amines is 1. The van der Waals surface area contributed by atoms with Gasteiger partial charge in [0.25, 0.3) is 5.91 Å². The maximum absolute atomic E-state index is 13.2. The van der Waals surface area contributed by atoms with Gasteiger partial charge in [0.15, 0.2) is 0 Å². The third kappa shape index (κ3) is 3.84. The molecule has 0 aliphatic carbocycles. The first kappa shape index (κ1) is 20.2. The lowest BCUT2D eigenvalue weighted by Gasteiger charge is -2.26. The SMILES string of the molecule is CCCCOc1ccc(C2c3c(-c4ccccc4)n[nH]c3C(=O)N2CCCC)cc1. The van der Waals surface area contributed by atoms with Crippen molar-refractivity contribution in [2.24, 2.45) is 0 Å². The highest BCUT2D eigenvalue weighted by Gasteiger charge is 2.41. The summed E-state index contributed by atoms with van der Waals surface area (Å²) >= 11 is 0. The van der Waals surface area contributed by atoms with Crippen LogP contribution in [0.5, 0.6) is 5.75 Å². The Balaban J connectivity index is 1.71. The number of rotatable bonds is 9. The van der Waals surface area contributed by atoms with E-state index in [1.165, 1.54) is 0 Å². The lowest BCUT2D eigenvalue weighted by molar-refractivity contribution is 0.0741. The van der Waals surface area contributed by atoms with E-state index in [4.69, 9.17) is 4.74 Å². The van der Waals surface area contributed by atoms with Gasteiger partial charge in [-0.05, 0) is 30.5 Å². The van der Waals surface area contributed by atoms with E-state index in [0.29, 0.717) is 5.69 Å². The minimum absolute atomic E-state index is 0.0291. The Labute approximate surface area is 178 Å². The van der Waals surface area contributed by atoms with Gasteiger partial charge >= 0.3 is 0 Å². The van der Waals surface area contributed by atoms with E-state index in [-0.39, 0.29) is 11.9 Å². The smallest absolute Gasteiger partial charge is 0.273 e. The summed E-state index contributed by atoms with van der Waals surface area (Å²) in [6, 6.07) is 18.1. The fourth-order valence-electron chi connectivity index (χ4n) is 4.00. The van der Waals surface area contributed by atoms with E-state index in [0.717, 1.165) is 67.0 Å². The lowest BCUT2D eigenvalue weighted by Crippen LogP contribution is -2.30. The molecule has 0 saturated heterocycles. The molecule has 0 saturated carbocycles. The number of unbranched alkanes of at least 4 members (excludes halogenated alkanes) is 2. The number of benzene rings is 2. The molecule has 30 heavy (non-hydrogen) atoms. The molecular weight excluding hydrogens is 374 g/mol. The van der Waals surface area contributed by atoms with E-state index in [1.807, 2.05) is 47.4 Å². The first-order valence-electron chi connectivity index (χ1n) is 10.9. The molecule has 1 unspecified atom stereocenters. The van der Waals surface area contributed by atoms with Crippen LogP contribution in [0.1, 0.15) is 67.2 Å². The summed E-state index contributed by atoms with van der Waals surface area (Å²) in [7, 11) is 0. The highest BCUT2D eigenvalue weighted by molar-refractivity contribution is 6.00. The largest absolute Gasteiger partial charge is 0.494 e. The van der Waals surface area contributed by atoms with Gasteiger partial charge in [0.1, 0.15) is 11.4 Å². The van der Waals surface area contributed by atoms with Gasteiger partial charge in [-0.2, -0.15) is 5.10 Å². The number of fused-ring (bicyclic) bond motifs is 1. The van der Waals surface area contributed by atoms with E-state index in [1.54, 1.807) is 0 Å². The van der Waals surface area contributed by atoms with Gasteiger partial charge < -0.3 is 9.64 Å². The Morgan fingerprint density at radius 2 is 1.73 bits per heavy atom. The van der Waals surface area contributed by atoms with Crippen LogP contribution in [0.2, 0.25) is 0 Å². The fraction of sp³-hybridized carbons (Fsp3) is 0.360. The van der Waals surface area contributed by atoms with Crippen LogP contribution in [0.15, 0.2) is 54.6 Å². The second kappa shape index (κ2) is 9.16. The minimum atomic E-state index is -0.141. The Morgan fingerprint density at radius 3 is 2.43 bits per heavy atom. The Morgan fingerprint density at radius 1 is 1.00 bits per heavy atom. The molecule has 1 aromatic heterocycles. The molecule has 0 spiro atoms. The number of aromatic nitrogens is 2. The van der Waals surface area contributed by atoms with Gasteiger partial charge in [-0.25, -0.2) is 0 Å². The average molecular weight is 404 g/mol. The number of ether oxygens (including phenoxy) is 1. The average Bonchev–Trinajstić information content (AvgIpc) is 3.33. The first-order chi connectivity index (χ1) is 14.7. The number of H-pyrrole nitrogens is 1. The van der Waals surface area contributed by atoms with Crippen molar-refractivity contribution in [3.8, 4) is 17.0 Å². The van der Waals surface area contributed by atoms with Crippen molar-refractivity contribution in [3.63, 3.8) is 0 Å². The molecule has 1 aliphatic rings. The van der Waals surface area contributed by atoms with Gasteiger partial charge in [-0.15, -0.1) is 0 Å². The number of nitrogens with zero attached hydrogens (tertiary/aromatic N) is 2. The molecule has 0 fully saturated rings. The Hall–Kier alpha value is -3.08. The van der Waals surface area contributed by atoms with Crippen LogP contribution < -0.4 is 4.74 Å². The summed E-state index contributed by atoms with van der Waals surface area (Å²) in [4.78, 5) is 15.2. The van der Waals surface area contributed by atoms with Crippen molar-refractivity contribution in [2.45, 2.75) is 45.6 Å². The highest BCUT2D eigenvalue weighted by atomic mass is 16.5. The molecule has 2 aromatic carbocycles. The molecule has 0 radical (unpaired) electrons. The summed E-state index contributed by atoms with van der Waals surface area (Å²) in [5.41, 5.74) is 4.54. The van der Waals surface area contributed by atoms with E-state index in [9.17, 15) is 4.79 Å². The zero-order chi connectivity index (χ0) is 20.9. The molecule has 1 aliphatic heterocycles. The second-order valence-corrected chi connectivity index (χ2v) is 7.75. The van der Waals surface area contributed by atoms with Crippen LogP contribution in [0.4, 0.5) is 0 Å². The number of hydrogen-bond acceptors (Lipinski definition) is 3. The molecule has 1 atom stereocenters. The number of carbonyl (C=O) groups is 1. The zero-order valence-electron chi connectivity index (χ0n) is 17.7. The summed E-state index contributed by atoms with van der Waals surface area (Å²) in [6.45, 7) is 5.76. The Bertz CT molecular complexity index is 979. The third-order valence-corrected chi connectivity index (χ3v) is 5.63. The van der Waals surface area contributed by atoms with Crippen LogP contribution in [0.3, 0.4) is 0 Å². The van der Waals surface area contributed by atoms with Gasteiger partial charge in [0.2, 0.25) is 0 Å². The highest BCUT2D eigenvalue weighted by Crippen LogP contribution is 2.43. The van der Waals surface area contributed by atoms with Gasteiger partial charge in [-0.3, -0.25) is 9.89 Å². The van der Waals surface area contributed by atoms with Crippen LogP contribution in [-0.4, -0.2) is 34.2 Å². The minimum Gasteiger partial charge on any atom is -0.494 e. The number of hydrogen-bond donors (Lipinski definition) is 1. The third-order valence-electron chi connectivity index (χ3n) is 5.63. The number of carbonyl (C=O) groups excluding carboxylic acids is 1. The van der Waals surface area contributed by atoms with Gasteiger partial charge in [0.05, 0.1) is 18.3 Å². The molecule has 5 heteroatoms. The van der Waals surface area contributed by atoms with Gasteiger partial charge in [-0.1, -0.05) is 69.2 Å². The van der Waals surface area contributed by atoms with Crippen molar-refractivity contribution in [1.82, 2.24) is 15.1 Å². The molecule has 1 amide bonds. The predicted molar refractivity (Wildman–Crippen MR) is 119 cm³/mol. The van der Waals surface area contributed by atoms with E-state index >= 15 is 0 Å². The monoisotopic (exact) mass is 403 g/mol. The topological polar surface area (TPSA) is 58.2 Å². The number of amides is 1. The van der Waals surface area contributed by atoms with Crippen LogP contribution in [0, 0.1) is 0 Å². The molecule has 0 bridgehead atoms. The predicted octanol–water partition coefficient (Wildman–Crippen LogP) is 5.60. The van der Waals surface area contributed by atoms with Crippen LogP contribution >= 0.6 is 0 Å². The number of nitrogens with one attached hydrogen (secondary N) is 1. The zero-order valence-corrected chi connectivity index (χ0v) is 17.7. The maximum Gasteiger partial charge on any atom is 0.273 e. The summed E-state index contributed by atoms with van der Waals surface area (Å²) in [5.74, 6) is 0.897. The fourth-order valence-corrected chi connectivity index (χ4v) is 4.00. The van der Waals surface area contributed by atoms with Crippen LogP contribution in [0.25, 0.3) is 11.3 Å². The summed E-state index contributed by atoms with van der Waals surface area (Å²) in [6.07, 6.45) is 4.17. The molecule has 4 rings (SSSR count). The normalized spacial score (nSPS) is 15.5. The van der Waals surface area contributed by atoms with E-state index < -0.39 is 0 Å². The Kier molecular flexibility index (Phi) is 6.17. The van der Waals surface area contributed by atoms with Crippen molar-refractivity contribution in [3.05, 3.63) is 71.4 Å². The second-order valence-electron chi connectivity index (χ2n) is 7.75. The van der Waals surface area contributed by atoms with E-state index in [2.05, 4.69) is 36.2 Å². The lowest BCUT2D eigenvalue weighted by atomic mass is 9.96. The molecule has 1 N–H and O–H groups in total.